The molecule has 6 heteroatoms. The molecule has 2 aromatic rings. The van der Waals surface area contributed by atoms with Gasteiger partial charge in [0, 0.05) is 24.4 Å². The standard InChI is InChI=1S/C14H15N3O3/c1-9-4-3-5-12(17(18)19)14(9)20-13-7-6-11(8-16-13)10(2)15/h3-8,10H,15H2,1-2H3. The van der Waals surface area contributed by atoms with E-state index in [1.165, 1.54) is 6.07 Å². The highest BCUT2D eigenvalue weighted by Crippen LogP contribution is 2.33. The van der Waals surface area contributed by atoms with E-state index in [-0.39, 0.29) is 17.5 Å². The maximum atomic E-state index is 11.0. The molecule has 6 nitrogen and oxygen atoms in total. The number of nitrogens with zero attached hydrogens (tertiary/aromatic N) is 2. The van der Waals surface area contributed by atoms with Gasteiger partial charge in [-0.25, -0.2) is 4.98 Å². The number of nitrogens with two attached hydrogens (primary N) is 1. The van der Waals surface area contributed by atoms with Crippen molar-refractivity contribution in [2.24, 2.45) is 5.73 Å². The summed E-state index contributed by atoms with van der Waals surface area (Å²) in [5.41, 5.74) is 7.20. The van der Waals surface area contributed by atoms with Crippen molar-refractivity contribution in [3.8, 4) is 11.6 Å². The monoisotopic (exact) mass is 273 g/mol. The average Bonchev–Trinajstić information content (AvgIpc) is 2.41. The summed E-state index contributed by atoms with van der Waals surface area (Å²) in [6, 6.07) is 8.08. The normalized spacial score (nSPS) is 11.9. The summed E-state index contributed by atoms with van der Waals surface area (Å²) in [5.74, 6) is 0.505. The van der Waals surface area contributed by atoms with E-state index in [2.05, 4.69) is 4.98 Å². The van der Waals surface area contributed by atoms with Gasteiger partial charge in [-0.2, -0.15) is 0 Å². The number of para-hydroxylation sites is 1. The fourth-order valence-electron chi connectivity index (χ4n) is 1.74. The molecule has 0 amide bonds. The predicted molar refractivity (Wildman–Crippen MR) is 74.7 cm³/mol. The van der Waals surface area contributed by atoms with Crippen LogP contribution in [0.2, 0.25) is 0 Å². The van der Waals surface area contributed by atoms with Crippen LogP contribution in [0.5, 0.6) is 11.6 Å². The highest BCUT2D eigenvalue weighted by Gasteiger charge is 2.18. The number of pyridine rings is 1. The van der Waals surface area contributed by atoms with Crippen molar-refractivity contribution in [3.63, 3.8) is 0 Å². The number of rotatable bonds is 4. The van der Waals surface area contributed by atoms with Crippen molar-refractivity contribution >= 4 is 5.69 Å². The van der Waals surface area contributed by atoms with Crippen LogP contribution >= 0.6 is 0 Å². The van der Waals surface area contributed by atoms with Crippen molar-refractivity contribution in [2.45, 2.75) is 19.9 Å². The van der Waals surface area contributed by atoms with Gasteiger partial charge in [0.15, 0.2) is 0 Å². The Kier molecular flexibility index (Phi) is 3.95. The summed E-state index contributed by atoms with van der Waals surface area (Å²) in [6.45, 7) is 3.60. The molecule has 0 fully saturated rings. The Balaban J connectivity index is 2.32. The Labute approximate surface area is 116 Å². The summed E-state index contributed by atoms with van der Waals surface area (Å²) in [7, 11) is 0. The second-order valence-electron chi connectivity index (χ2n) is 4.50. The van der Waals surface area contributed by atoms with E-state index >= 15 is 0 Å². The summed E-state index contributed by atoms with van der Waals surface area (Å²) >= 11 is 0. The van der Waals surface area contributed by atoms with E-state index in [9.17, 15) is 10.1 Å². The third-order valence-corrected chi connectivity index (χ3v) is 2.88. The molecule has 0 radical (unpaired) electrons. The molecule has 1 atom stereocenters. The molecule has 2 N–H and O–H groups in total. The van der Waals surface area contributed by atoms with Crippen molar-refractivity contribution in [3.05, 3.63) is 57.8 Å². The first-order valence-corrected chi connectivity index (χ1v) is 6.12. The first kappa shape index (κ1) is 14.0. The topological polar surface area (TPSA) is 91.3 Å². The van der Waals surface area contributed by atoms with E-state index in [0.717, 1.165) is 5.56 Å². The second-order valence-corrected chi connectivity index (χ2v) is 4.50. The van der Waals surface area contributed by atoms with Crippen molar-refractivity contribution < 1.29 is 9.66 Å². The minimum atomic E-state index is -0.474. The molecule has 1 aromatic heterocycles. The number of ether oxygens (including phenoxy) is 1. The zero-order chi connectivity index (χ0) is 14.7. The van der Waals surface area contributed by atoms with Gasteiger partial charge in [0.1, 0.15) is 0 Å². The number of nitro groups is 1. The second kappa shape index (κ2) is 5.66. The van der Waals surface area contributed by atoms with E-state index in [4.69, 9.17) is 10.5 Å². The number of aryl methyl sites for hydroxylation is 1. The molecule has 20 heavy (non-hydrogen) atoms. The van der Waals surface area contributed by atoms with Crippen LogP contribution in [0.4, 0.5) is 5.69 Å². The number of hydrogen-bond acceptors (Lipinski definition) is 5. The number of hydrogen-bond donors (Lipinski definition) is 1. The van der Waals surface area contributed by atoms with Crippen LogP contribution in [-0.2, 0) is 0 Å². The van der Waals surface area contributed by atoms with Gasteiger partial charge in [0.2, 0.25) is 11.6 Å². The van der Waals surface area contributed by atoms with Crippen LogP contribution in [0.1, 0.15) is 24.1 Å². The highest BCUT2D eigenvalue weighted by molar-refractivity contribution is 5.52. The predicted octanol–water partition coefficient (Wildman–Crippen LogP) is 3.11. The molecule has 0 aliphatic heterocycles. The van der Waals surface area contributed by atoms with E-state index < -0.39 is 4.92 Å². The molecule has 0 saturated heterocycles. The molecule has 2 rings (SSSR count). The van der Waals surface area contributed by atoms with Gasteiger partial charge >= 0.3 is 5.69 Å². The van der Waals surface area contributed by atoms with Crippen LogP contribution in [-0.4, -0.2) is 9.91 Å². The van der Waals surface area contributed by atoms with Crippen LogP contribution in [0.3, 0.4) is 0 Å². The van der Waals surface area contributed by atoms with Gasteiger partial charge in [0.05, 0.1) is 4.92 Å². The lowest BCUT2D eigenvalue weighted by molar-refractivity contribution is -0.385. The number of benzene rings is 1. The lowest BCUT2D eigenvalue weighted by Gasteiger charge is -2.09. The molecule has 104 valence electrons. The van der Waals surface area contributed by atoms with Crippen molar-refractivity contribution in [1.82, 2.24) is 4.98 Å². The molecular formula is C14H15N3O3. The molecule has 0 aliphatic rings. The summed E-state index contributed by atoms with van der Waals surface area (Å²) < 4.78 is 5.54. The fraction of sp³-hybridized carbons (Fsp3) is 0.214. The quantitative estimate of drug-likeness (QED) is 0.682. The summed E-state index contributed by atoms with van der Waals surface area (Å²) in [4.78, 5) is 14.6. The Morgan fingerprint density at radius 3 is 2.65 bits per heavy atom. The Morgan fingerprint density at radius 1 is 1.35 bits per heavy atom. The van der Waals surface area contributed by atoms with E-state index in [1.54, 1.807) is 37.4 Å². The van der Waals surface area contributed by atoms with Crippen LogP contribution in [0.25, 0.3) is 0 Å². The van der Waals surface area contributed by atoms with Crippen molar-refractivity contribution in [2.75, 3.05) is 0 Å². The minimum absolute atomic E-state index is 0.0805. The number of nitro benzene ring substituents is 1. The Bertz CT molecular complexity index is 624. The molecule has 0 saturated carbocycles. The molecule has 0 aliphatic carbocycles. The van der Waals surface area contributed by atoms with E-state index in [0.29, 0.717) is 11.4 Å². The first-order chi connectivity index (χ1) is 9.49. The third kappa shape index (κ3) is 2.92. The Morgan fingerprint density at radius 2 is 2.10 bits per heavy atom. The van der Waals surface area contributed by atoms with Crippen LogP contribution in [0, 0.1) is 17.0 Å². The van der Waals surface area contributed by atoms with Crippen LogP contribution in [0.15, 0.2) is 36.5 Å². The SMILES string of the molecule is Cc1cccc([N+](=O)[O-])c1Oc1ccc(C(C)N)cn1. The lowest BCUT2D eigenvalue weighted by Crippen LogP contribution is -2.05. The summed E-state index contributed by atoms with van der Waals surface area (Å²) in [5, 5.41) is 11.0. The largest absolute Gasteiger partial charge is 0.432 e. The molecule has 0 spiro atoms. The molecule has 1 aromatic carbocycles. The first-order valence-electron chi connectivity index (χ1n) is 6.12. The van der Waals surface area contributed by atoms with Crippen LogP contribution < -0.4 is 10.5 Å². The zero-order valence-electron chi connectivity index (χ0n) is 11.2. The van der Waals surface area contributed by atoms with Gasteiger partial charge in [-0.1, -0.05) is 18.2 Å². The fourth-order valence-corrected chi connectivity index (χ4v) is 1.74. The van der Waals surface area contributed by atoms with E-state index in [1.807, 2.05) is 6.92 Å². The Hall–Kier alpha value is -2.47. The molecular weight excluding hydrogens is 258 g/mol. The van der Waals surface area contributed by atoms with Gasteiger partial charge < -0.3 is 10.5 Å². The average molecular weight is 273 g/mol. The molecule has 1 unspecified atom stereocenters. The third-order valence-electron chi connectivity index (χ3n) is 2.88. The van der Waals surface area contributed by atoms with Gasteiger partial charge in [0.25, 0.3) is 0 Å². The minimum Gasteiger partial charge on any atom is -0.432 e. The zero-order valence-corrected chi connectivity index (χ0v) is 11.2. The van der Waals surface area contributed by atoms with Crippen molar-refractivity contribution in [1.29, 1.82) is 0 Å². The molecule has 1 heterocycles. The maximum absolute atomic E-state index is 11.0. The van der Waals surface area contributed by atoms with Gasteiger partial charge in [-0.15, -0.1) is 0 Å². The molecule has 0 bridgehead atoms. The highest BCUT2D eigenvalue weighted by atomic mass is 16.6. The van der Waals surface area contributed by atoms with Gasteiger partial charge in [-0.3, -0.25) is 10.1 Å². The maximum Gasteiger partial charge on any atom is 0.311 e. The van der Waals surface area contributed by atoms with Gasteiger partial charge in [-0.05, 0) is 25.0 Å². The smallest absolute Gasteiger partial charge is 0.311 e. The lowest BCUT2D eigenvalue weighted by atomic mass is 10.1. The number of aromatic nitrogens is 1. The summed E-state index contributed by atoms with van der Waals surface area (Å²) in [6.07, 6.45) is 1.60.